The molecule has 2 aromatic carbocycles. The average molecular weight is 514 g/mol. The highest BCUT2D eigenvalue weighted by Crippen LogP contribution is 2.28. The van der Waals surface area contributed by atoms with E-state index in [9.17, 15) is 9.90 Å². The third-order valence-electron chi connectivity index (χ3n) is 7.19. The van der Waals surface area contributed by atoms with E-state index in [4.69, 9.17) is 14.7 Å². The molecule has 10 nitrogen and oxygen atoms in total. The summed E-state index contributed by atoms with van der Waals surface area (Å²) in [5, 5.41) is 12.5. The normalized spacial score (nSPS) is 16.3. The molecule has 2 aliphatic rings. The Kier molecular flexibility index (Phi) is 6.89. The largest absolute Gasteiger partial charge is 0.478 e. The quantitative estimate of drug-likeness (QED) is 0.363. The lowest BCUT2D eigenvalue weighted by Crippen LogP contribution is -2.37. The molecular formula is C28H31N7O3. The van der Waals surface area contributed by atoms with Crippen LogP contribution in [0.4, 0.5) is 17.5 Å². The minimum atomic E-state index is -0.953. The summed E-state index contributed by atoms with van der Waals surface area (Å²) in [4.78, 5) is 30.2. The standard InChI is InChI=1S/C28H31N7O3/c36-27(37)20-3-6-22(7-4-20)30-26-18-24(31-28(32-26)34-13-15-38-16-14-34)21-5-8-23-25(17-21)35(19-29-23)12-11-33-9-1-2-10-33/h3-8,17-19H,1-2,9-16H2,(H,36,37)(H,30,31,32). The zero-order valence-corrected chi connectivity index (χ0v) is 21.2. The number of rotatable bonds is 8. The molecular weight excluding hydrogens is 482 g/mol. The van der Waals surface area contributed by atoms with Crippen LogP contribution in [0.2, 0.25) is 0 Å². The van der Waals surface area contributed by atoms with Gasteiger partial charge < -0.3 is 29.5 Å². The molecule has 38 heavy (non-hydrogen) atoms. The van der Waals surface area contributed by atoms with Gasteiger partial charge in [-0.15, -0.1) is 0 Å². The van der Waals surface area contributed by atoms with Crippen LogP contribution in [0.1, 0.15) is 23.2 Å². The molecule has 0 aliphatic carbocycles. The lowest BCUT2D eigenvalue weighted by molar-refractivity contribution is 0.0697. The van der Waals surface area contributed by atoms with E-state index in [2.05, 4.69) is 36.8 Å². The number of aromatic nitrogens is 4. The molecule has 0 radical (unpaired) electrons. The van der Waals surface area contributed by atoms with Gasteiger partial charge in [-0.3, -0.25) is 0 Å². The molecule has 0 atom stereocenters. The van der Waals surface area contributed by atoms with E-state index < -0.39 is 5.97 Å². The van der Waals surface area contributed by atoms with Crippen LogP contribution in [0.5, 0.6) is 0 Å². The van der Waals surface area contributed by atoms with E-state index in [1.54, 1.807) is 24.3 Å². The van der Waals surface area contributed by atoms with Crippen molar-refractivity contribution in [1.29, 1.82) is 0 Å². The van der Waals surface area contributed by atoms with E-state index in [-0.39, 0.29) is 5.56 Å². The van der Waals surface area contributed by atoms with Gasteiger partial charge in [0.15, 0.2) is 0 Å². The predicted octanol–water partition coefficient (Wildman–Crippen LogP) is 3.87. The monoisotopic (exact) mass is 513 g/mol. The Morgan fingerprint density at radius 3 is 2.50 bits per heavy atom. The highest BCUT2D eigenvalue weighted by molar-refractivity contribution is 5.88. The highest BCUT2D eigenvalue weighted by atomic mass is 16.5. The number of hydrogen-bond donors (Lipinski definition) is 2. The lowest BCUT2D eigenvalue weighted by Gasteiger charge is -2.27. The van der Waals surface area contributed by atoms with Crippen molar-refractivity contribution in [3.63, 3.8) is 0 Å². The van der Waals surface area contributed by atoms with Gasteiger partial charge in [0, 0.05) is 43.5 Å². The number of anilines is 3. The fourth-order valence-electron chi connectivity index (χ4n) is 5.04. The molecule has 10 heteroatoms. The fraction of sp³-hybridized carbons (Fsp3) is 0.357. The maximum Gasteiger partial charge on any atom is 0.335 e. The number of imidazole rings is 1. The van der Waals surface area contributed by atoms with Crippen molar-refractivity contribution in [2.75, 3.05) is 56.2 Å². The summed E-state index contributed by atoms with van der Waals surface area (Å²) >= 11 is 0. The first kappa shape index (κ1) is 24.3. The molecule has 0 bridgehead atoms. The summed E-state index contributed by atoms with van der Waals surface area (Å²) < 4.78 is 7.76. The third-order valence-corrected chi connectivity index (χ3v) is 7.19. The number of morpholine rings is 1. The molecule has 0 saturated carbocycles. The second-order valence-corrected chi connectivity index (χ2v) is 9.74. The number of ether oxygens (including phenoxy) is 1. The van der Waals surface area contributed by atoms with Gasteiger partial charge >= 0.3 is 5.97 Å². The molecule has 6 rings (SSSR count). The van der Waals surface area contributed by atoms with E-state index in [1.165, 1.54) is 25.9 Å². The van der Waals surface area contributed by atoms with Gasteiger partial charge in [0.25, 0.3) is 0 Å². The summed E-state index contributed by atoms with van der Waals surface area (Å²) in [6, 6.07) is 14.8. The fourth-order valence-corrected chi connectivity index (χ4v) is 5.04. The second kappa shape index (κ2) is 10.8. The van der Waals surface area contributed by atoms with Gasteiger partial charge in [-0.2, -0.15) is 4.98 Å². The number of carboxylic acids is 1. The Labute approximate surface area is 220 Å². The Balaban J connectivity index is 1.32. The number of hydrogen-bond acceptors (Lipinski definition) is 8. The van der Waals surface area contributed by atoms with E-state index in [0.717, 1.165) is 54.2 Å². The smallest absolute Gasteiger partial charge is 0.335 e. The summed E-state index contributed by atoms with van der Waals surface area (Å²) in [7, 11) is 0. The SMILES string of the molecule is O=C(O)c1ccc(Nc2cc(-c3ccc4ncn(CCN5CCCC5)c4c3)nc(N3CCOCC3)n2)cc1. The third kappa shape index (κ3) is 5.32. The Bertz CT molecular complexity index is 1420. The van der Waals surface area contributed by atoms with Gasteiger partial charge in [0.05, 0.1) is 41.8 Å². The second-order valence-electron chi connectivity index (χ2n) is 9.74. The van der Waals surface area contributed by atoms with Gasteiger partial charge in [0.1, 0.15) is 5.82 Å². The van der Waals surface area contributed by atoms with Gasteiger partial charge in [-0.25, -0.2) is 14.8 Å². The number of benzene rings is 2. The number of nitrogens with zero attached hydrogens (tertiary/aromatic N) is 6. The van der Waals surface area contributed by atoms with Gasteiger partial charge in [-0.1, -0.05) is 6.07 Å². The van der Waals surface area contributed by atoms with Gasteiger partial charge in [0.2, 0.25) is 5.95 Å². The van der Waals surface area contributed by atoms with Crippen LogP contribution in [-0.2, 0) is 11.3 Å². The van der Waals surface area contributed by atoms with E-state index in [1.807, 2.05) is 18.5 Å². The van der Waals surface area contributed by atoms with Crippen molar-refractivity contribution < 1.29 is 14.6 Å². The van der Waals surface area contributed by atoms with E-state index in [0.29, 0.717) is 25.0 Å². The molecule has 0 unspecified atom stereocenters. The zero-order chi connectivity index (χ0) is 25.9. The highest BCUT2D eigenvalue weighted by Gasteiger charge is 2.18. The first-order valence-electron chi connectivity index (χ1n) is 13.1. The van der Waals surface area contributed by atoms with Crippen molar-refractivity contribution in [3.05, 3.63) is 60.4 Å². The maximum absolute atomic E-state index is 11.2. The van der Waals surface area contributed by atoms with Crippen LogP contribution in [0.25, 0.3) is 22.3 Å². The molecule has 0 amide bonds. The molecule has 2 saturated heterocycles. The Hall–Kier alpha value is -4.02. The van der Waals surface area contributed by atoms with Crippen LogP contribution >= 0.6 is 0 Å². The summed E-state index contributed by atoms with van der Waals surface area (Å²) in [6.45, 7) is 7.00. The first-order valence-corrected chi connectivity index (χ1v) is 13.1. The number of likely N-dealkylation sites (tertiary alicyclic amines) is 1. The zero-order valence-electron chi connectivity index (χ0n) is 21.2. The minimum Gasteiger partial charge on any atom is -0.478 e. The summed E-state index contributed by atoms with van der Waals surface area (Å²) in [5.41, 5.74) is 4.84. The summed E-state index contributed by atoms with van der Waals surface area (Å²) in [5.74, 6) is 0.325. The van der Waals surface area contributed by atoms with Crippen molar-refractivity contribution in [2.45, 2.75) is 19.4 Å². The number of fused-ring (bicyclic) bond motifs is 1. The lowest BCUT2D eigenvalue weighted by atomic mass is 10.1. The van der Waals surface area contributed by atoms with Crippen LogP contribution in [0.3, 0.4) is 0 Å². The maximum atomic E-state index is 11.2. The van der Waals surface area contributed by atoms with Crippen molar-refractivity contribution in [2.24, 2.45) is 0 Å². The number of carboxylic acid groups (broad SMARTS) is 1. The number of aromatic carboxylic acids is 1. The van der Waals surface area contributed by atoms with E-state index >= 15 is 0 Å². The molecule has 2 aliphatic heterocycles. The van der Waals surface area contributed by atoms with Crippen LogP contribution in [0, 0.1) is 0 Å². The topological polar surface area (TPSA) is 109 Å². The molecule has 2 N–H and O–H groups in total. The van der Waals surface area contributed by atoms with Crippen LogP contribution < -0.4 is 10.2 Å². The molecule has 2 aromatic heterocycles. The molecule has 4 heterocycles. The summed E-state index contributed by atoms with van der Waals surface area (Å²) in [6.07, 6.45) is 4.50. The first-order chi connectivity index (χ1) is 18.6. The van der Waals surface area contributed by atoms with Crippen molar-refractivity contribution in [1.82, 2.24) is 24.4 Å². The Morgan fingerprint density at radius 2 is 1.74 bits per heavy atom. The number of carbonyl (C=O) groups is 1. The van der Waals surface area contributed by atoms with Crippen LogP contribution in [-0.4, -0.2) is 81.4 Å². The average Bonchev–Trinajstić information content (AvgIpc) is 3.62. The number of nitrogens with one attached hydrogen (secondary N) is 1. The minimum absolute atomic E-state index is 0.238. The Morgan fingerprint density at radius 1 is 0.947 bits per heavy atom. The van der Waals surface area contributed by atoms with Crippen molar-refractivity contribution in [3.8, 4) is 11.3 Å². The predicted molar refractivity (Wildman–Crippen MR) is 146 cm³/mol. The van der Waals surface area contributed by atoms with Crippen molar-refractivity contribution >= 4 is 34.5 Å². The molecule has 0 spiro atoms. The molecule has 4 aromatic rings. The van der Waals surface area contributed by atoms with Gasteiger partial charge in [-0.05, 0) is 62.3 Å². The van der Waals surface area contributed by atoms with Crippen LogP contribution in [0.15, 0.2) is 54.9 Å². The molecule has 2 fully saturated rings. The molecule has 196 valence electrons.